The van der Waals surface area contributed by atoms with Crippen molar-refractivity contribution in [3.63, 3.8) is 0 Å². The minimum Gasteiger partial charge on any atom is -0.292 e. The molecule has 8 heteroatoms. The lowest BCUT2D eigenvalue weighted by Gasteiger charge is -1.91. The largest absolute Gasteiger partial charge is 0.298 e. The van der Waals surface area contributed by atoms with Crippen LogP contribution >= 0.6 is 0 Å². The van der Waals surface area contributed by atoms with E-state index in [-0.39, 0.29) is 12.8 Å². The number of carbonyl (C=O) groups excluding carboxylic acids is 6. The van der Waals surface area contributed by atoms with Crippen LogP contribution in [0.4, 0.5) is 0 Å². The summed E-state index contributed by atoms with van der Waals surface area (Å²) in [4.78, 5) is 62.4. The first-order valence-corrected chi connectivity index (χ1v) is 3.78. The van der Waals surface area contributed by atoms with Crippen LogP contribution in [0.15, 0.2) is 12.2 Å². The fraction of sp³-hybridized carbons (Fsp3) is 0. The van der Waals surface area contributed by atoms with Crippen LogP contribution in [-0.2, 0) is 28.8 Å². The predicted octanol–water partition coefficient (Wildman–Crippen LogP) is -2.77. The molecule has 0 heterocycles. The molecule has 2 N–H and O–H groups in total. The number of hydrogen-bond donors (Lipinski definition) is 2. The first-order chi connectivity index (χ1) is 7.52. The molecule has 0 radical (unpaired) electrons. The predicted molar refractivity (Wildman–Crippen MR) is 47.6 cm³/mol. The van der Waals surface area contributed by atoms with Crippen LogP contribution in [0.2, 0.25) is 0 Å². The average molecular weight is 226 g/mol. The zero-order valence-electron chi connectivity index (χ0n) is 7.76. The molecule has 0 saturated heterocycles. The van der Waals surface area contributed by atoms with Crippen molar-refractivity contribution in [1.82, 2.24) is 10.6 Å². The summed E-state index contributed by atoms with van der Waals surface area (Å²) >= 11 is 0. The van der Waals surface area contributed by atoms with Crippen molar-refractivity contribution >= 4 is 36.2 Å². The third-order valence-corrected chi connectivity index (χ3v) is 1.21. The normalized spacial score (nSPS) is 9.25. The minimum atomic E-state index is -1.24. The van der Waals surface area contributed by atoms with E-state index in [9.17, 15) is 28.8 Å². The molecule has 0 bridgehead atoms. The van der Waals surface area contributed by atoms with Gasteiger partial charge in [0.25, 0.3) is 11.8 Å². The van der Waals surface area contributed by atoms with Crippen LogP contribution in [0, 0.1) is 0 Å². The van der Waals surface area contributed by atoms with E-state index in [1.54, 1.807) is 0 Å². The van der Waals surface area contributed by atoms with Crippen LogP contribution in [0.25, 0.3) is 0 Å². The Hall–Kier alpha value is -2.64. The lowest BCUT2D eigenvalue weighted by molar-refractivity contribution is -0.137. The van der Waals surface area contributed by atoms with Crippen LogP contribution in [0.3, 0.4) is 0 Å². The van der Waals surface area contributed by atoms with Gasteiger partial charge in [0.1, 0.15) is 0 Å². The Kier molecular flexibility index (Phi) is 5.65. The van der Waals surface area contributed by atoms with Crippen molar-refractivity contribution in [2.45, 2.75) is 0 Å². The monoisotopic (exact) mass is 226 g/mol. The average Bonchev–Trinajstić information content (AvgIpc) is 2.25. The lowest BCUT2D eigenvalue weighted by Crippen LogP contribution is -2.30. The molecule has 84 valence electrons. The van der Waals surface area contributed by atoms with Crippen molar-refractivity contribution in [1.29, 1.82) is 0 Å². The van der Waals surface area contributed by atoms with Gasteiger partial charge >= 0.3 is 0 Å². The number of amides is 4. The van der Waals surface area contributed by atoms with Crippen LogP contribution in [-0.4, -0.2) is 36.2 Å². The van der Waals surface area contributed by atoms with Crippen molar-refractivity contribution in [3.8, 4) is 0 Å². The quantitative estimate of drug-likeness (QED) is 0.286. The van der Waals surface area contributed by atoms with E-state index in [0.717, 1.165) is 0 Å². The van der Waals surface area contributed by atoms with Crippen molar-refractivity contribution < 1.29 is 28.8 Å². The number of ketones is 2. The summed E-state index contributed by atoms with van der Waals surface area (Å²) in [6.45, 7) is 0. The van der Waals surface area contributed by atoms with Gasteiger partial charge in [-0.3, -0.25) is 39.4 Å². The van der Waals surface area contributed by atoms with Crippen molar-refractivity contribution in [2.75, 3.05) is 0 Å². The molecule has 0 unspecified atom stereocenters. The Morgan fingerprint density at radius 3 is 1.25 bits per heavy atom. The molecule has 0 aromatic heterocycles. The summed E-state index contributed by atoms with van der Waals surface area (Å²) in [6.07, 6.45) is 1.00. The molecule has 0 saturated carbocycles. The Morgan fingerprint density at radius 2 is 1.00 bits per heavy atom. The van der Waals surface area contributed by atoms with Crippen LogP contribution in [0.1, 0.15) is 0 Å². The highest BCUT2D eigenvalue weighted by Crippen LogP contribution is 1.81. The van der Waals surface area contributed by atoms with E-state index in [1.165, 1.54) is 10.6 Å². The zero-order chi connectivity index (χ0) is 12.6. The molecule has 0 aliphatic heterocycles. The number of carbonyl (C=O) groups is 6. The third kappa shape index (κ3) is 4.56. The maximum Gasteiger partial charge on any atom is 0.298 e. The maximum absolute atomic E-state index is 10.8. The van der Waals surface area contributed by atoms with Gasteiger partial charge in [-0.25, -0.2) is 0 Å². The highest BCUT2D eigenvalue weighted by atomic mass is 16.2. The molecule has 8 nitrogen and oxygen atoms in total. The Bertz CT molecular complexity index is 348. The van der Waals surface area contributed by atoms with Crippen molar-refractivity contribution in [3.05, 3.63) is 12.2 Å². The summed E-state index contributed by atoms with van der Waals surface area (Å²) in [5.74, 6) is -4.84. The van der Waals surface area contributed by atoms with E-state index in [2.05, 4.69) is 0 Å². The fourth-order valence-electron chi connectivity index (χ4n) is 0.552. The molecule has 4 amide bonds. The molecule has 0 atom stereocenters. The SMILES string of the molecule is O=CNC(=O)C(=O)/C=C\C(=O)C(=O)NC=O. The first kappa shape index (κ1) is 13.4. The molecule has 0 spiro atoms. The molecular formula is C8H6N2O6. The third-order valence-electron chi connectivity index (χ3n) is 1.21. The van der Waals surface area contributed by atoms with Crippen LogP contribution in [0.5, 0.6) is 0 Å². The smallest absolute Gasteiger partial charge is 0.292 e. The Labute approximate surface area is 88.7 Å². The molecule has 0 rings (SSSR count). The van der Waals surface area contributed by atoms with E-state index in [4.69, 9.17) is 0 Å². The molecule has 0 fully saturated rings. The van der Waals surface area contributed by atoms with E-state index >= 15 is 0 Å². The first-order valence-electron chi connectivity index (χ1n) is 3.78. The molecule has 16 heavy (non-hydrogen) atoms. The summed E-state index contributed by atoms with van der Waals surface area (Å²) in [5, 5.41) is 3.07. The van der Waals surface area contributed by atoms with Crippen LogP contribution < -0.4 is 10.6 Å². The highest BCUT2D eigenvalue weighted by Gasteiger charge is 2.12. The van der Waals surface area contributed by atoms with E-state index in [0.29, 0.717) is 12.2 Å². The number of imide groups is 2. The molecule has 0 aromatic carbocycles. The molecular weight excluding hydrogens is 220 g/mol. The van der Waals surface area contributed by atoms with E-state index in [1.807, 2.05) is 0 Å². The topological polar surface area (TPSA) is 126 Å². The standard InChI is InChI=1S/C8H6N2O6/c11-3-9-7(15)5(13)1-2-6(14)8(16)10-4-12/h1-4H,(H,9,11,15)(H,10,12,16)/b2-1-. The van der Waals surface area contributed by atoms with Gasteiger partial charge in [-0.1, -0.05) is 0 Å². The van der Waals surface area contributed by atoms with Gasteiger partial charge in [0.15, 0.2) is 0 Å². The number of hydrogen-bond acceptors (Lipinski definition) is 6. The van der Waals surface area contributed by atoms with Gasteiger partial charge in [-0.2, -0.15) is 0 Å². The van der Waals surface area contributed by atoms with Gasteiger partial charge in [0.05, 0.1) is 0 Å². The Morgan fingerprint density at radius 1 is 0.688 bits per heavy atom. The number of nitrogens with one attached hydrogen (secondary N) is 2. The maximum atomic E-state index is 10.8. The van der Waals surface area contributed by atoms with Gasteiger partial charge in [0.2, 0.25) is 24.4 Å². The van der Waals surface area contributed by atoms with Gasteiger partial charge in [-0.05, 0) is 12.2 Å². The summed E-state index contributed by atoms with van der Waals surface area (Å²) in [6, 6.07) is 0. The van der Waals surface area contributed by atoms with Gasteiger partial charge < -0.3 is 0 Å². The minimum absolute atomic E-state index is 0.00497. The molecule has 0 aliphatic rings. The summed E-state index contributed by atoms with van der Waals surface area (Å²) in [5.41, 5.74) is 0. The Balaban J connectivity index is 4.38. The zero-order valence-corrected chi connectivity index (χ0v) is 7.76. The molecule has 0 aromatic rings. The lowest BCUT2D eigenvalue weighted by atomic mass is 10.2. The fourth-order valence-corrected chi connectivity index (χ4v) is 0.552. The van der Waals surface area contributed by atoms with Gasteiger partial charge in [-0.15, -0.1) is 0 Å². The summed E-state index contributed by atoms with van der Waals surface area (Å²) < 4.78 is 0. The number of rotatable bonds is 6. The second-order valence-corrected chi connectivity index (χ2v) is 2.24. The second-order valence-electron chi connectivity index (χ2n) is 2.24. The summed E-state index contributed by atoms with van der Waals surface area (Å²) in [7, 11) is 0. The van der Waals surface area contributed by atoms with Gasteiger partial charge in [0, 0.05) is 0 Å². The molecule has 0 aliphatic carbocycles. The highest BCUT2D eigenvalue weighted by molar-refractivity contribution is 6.46. The second kappa shape index (κ2) is 6.76. The van der Waals surface area contributed by atoms with Crippen molar-refractivity contribution in [2.24, 2.45) is 0 Å². The van der Waals surface area contributed by atoms with E-state index < -0.39 is 23.4 Å².